The molecular formula is C5HF5N3. The van der Waals surface area contributed by atoms with Crippen LogP contribution in [0.1, 0.15) is 5.69 Å². The Morgan fingerprint density at radius 1 is 1.15 bits per heavy atom. The number of hydrogen-bond donors (Lipinski definition) is 0. The molecule has 0 aliphatic carbocycles. The van der Waals surface area contributed by atoms with Crippen LogP contribution >= 0.6 is 0 Å². The van der Waals surface area contributed by atoms with E-state index in [4.69, 9.17) is 0 Å². The standard InChI is InChI=1S/C5HF5N3/c6-4(7,5(8,9)10)3-1-2-11-13-12-3/h1H. The summed E-state index contributed by atoms with van der Waals surface area (Å²) in [5.74, 6) is -5.01. The molecule has 0 saturated heterocycles. The third kappa shape index (κ3) is 1.70. The second kappa shape index (κ2) is 2.86. The van der Waals surface area contributed by atoms with Gasteiger partial charge in [-0.25, -0.2) is 0 Å². The third-order valence-electron chi connectivity index (χ3n) is 1.13. The average Bonchev–Trinajstić information content (AvgIpc) is 2.04. The number of aromatic nitrogens is 3. The Morgan fingerprint density at radius 3 is 2.15 bits per heavy atom. The molecule has 13 heavy (non-hydrogen) atoms. The normalized spacial score (nSPS) is 13.0. The number of halogens is 5. The molecule has 0 N–H and O–H groups in total. The molecule has 0 bridgehead atoms. The van der Waals surface area contributed by atoms with Gasteiger partial charge in [-0.3, -0.25) is 0 Å². The fraction of sp³-hybridized carbons (Fsp3) is 0.400. The Morgan fingerprint density at radius 2 is 1.77 bits per heavy atom. The Labute approximate surface area is 68.6 Å². The van der Waals surface area contributed by atoms with E-state index in [1.54, 1.807) is 6.20 Å². The van der Waals surface area contributed by atoms with Crippen LogP contribution in [0.2, 0.25) is 0 Å². The van der Waals surface area contributed by atoms with E-state index in [1.807, 2.05) is 0 Å². The van der Waals surface area contributed by atoms with Crippen molar-refractivity contribution < 1.29 is 22.0 Å². The van der Waals surface area contributed by atoms with E-state index >= 15 is 0 Å². The molecule has 1 heterocycles. The number of rotatable bonds is 1. The van der Waals surface area contributed by atoms with Crippen LogP contribution < -0.4 is 0 Å². The van der Waals surface area contributed by atoms with Crippen LogP contribution in [0.4, 0.5) is 22.0 Å². The molecule has 8 heteroatoms. The summed E-state index contributed by atoms with van der Waals surface area (Å²) < 4.78 is 59.8. The molecule has 3 nitrogen and oxygen atoms in total. The quantitative estimate of drug-likeness (QED) is 0.639. The van der Waals surface area contributed by atoms with Gasteiger partial charge in [0, 0.05) is 0 Å². The number of nitrogens with zero attached hydrogens (tertiary/aromatic N) is 3. The lowest BCUT2D eigenvalue weighted by molar-refractivity contribution is -0.291. The summed E-state index contributed by atoms with van der Waals surface area (Å²) >= 11 is 0. The van der Waals surface area contributed by atoms with Gasteiger partial charge in [0.15, 0.2) is 0 Å². The van der Waals surface area contributed by atoms with Crippen LogP contribution in [0.5, 0.6) is 0 Å². The molecule has 1 radical (unpaired) electrons. The first kappa shape index (κ1) is 9.75. The summed E-state index contributed by atoms with van der Waals surface area (Å²) in [5.41, 5.74) is -1.52. The summed E-state index contributed by atoms with van der Waals surface area (Å²) in [6, 6.07) is 0.334. The first-order chi connectivity index (χ1) is 5.86. The van der Waals surface area contributed by atoms with Crippen molar-refractivity contribution in [2.24, 2.45) is 0 Å². The monoisotopic (exact) mass is 198 g/mol. The summed E-state index contributed by atoms with van der Waals surface area (Å²) in [4.78, 5) is 0. The number of alkyl halides is 5. The van der Waals surface area contributed by atoms with E-state index in [0.29, 0.717) is 6.07 Å². The van der Waals surface area contributed by atoms with E-state index < -0.39 is 17.8 Å². The van der Waals surface area contributed by atoms with Crippen molar-refractivity contribution in [3.05, 3.63) is 18.0 Å². The van der Waals surface area contributed by atoms with Crippen LogP contribution in [-0.4, -0.2) is 21.6 Å². The van der Waals surface area contributed by atoms with Gasteiger partial charge in [0.05, 0.1) is 0 Å². The van der Waals surface area contributed by atoms with Gasteiger partial charge in [0.1, 0.15) is 11.9 Å². The van der Waals surface area contributed by atoms with Crippen molar-refractivity contribution in [2.45, 2.75) is 12.1 Å². The molecule has 0 aromatic carbocycles. The Balaban J connectivity index is 3.08. The lowest BCUT2D eigenvalue weighted by Gasteiger charge is -2.17. The molecule has 0 saturated carbocycles. The van der Waals surface area contributed by atoms with Crippen molar-refractivity contribution in [2.75, 3.05) is 0 Å². The second-order valence-electron chi connectivity index (χ2n) is 2.02. The van der Waals surface area contributed by atoms with Crippen LogP contribution in [-0.2, 0) is 5.92 Å². The zero-order valence-electron chi connectivity index (χ0n) is 5.81. The average molecular weight is 198 g/mol. The summed E-state index contributed by atoms with van der Waals surface area (Å²) in [5, 5.41) is 8.04. The Bertz CT molecular complexity index is 282. The maximum Gasteiger partial charge on any atom is 0.459 e. The molecule has 0 spiro atoms. The van der Waals surface area contributed by atoms with Gasteiger partial charge >= 0.3 is 12.1 Å². The van der Waals surface area contributed by atoms with E-state index in [9.17, 15) is 22.0 Å². The first-order valence-corrected chi connectivity index (χ1v) is 2.87. The van der Waals surface area contributed by atoms with Gasteiger partial charge in [-0.2, -0.15) is 22.0 Å². The topological polar surface area (TPSA) is 38.7 Å². The SMILES string of the molecule is FC(F)(F)C(F)(F)c1c[c]nnn1. The van der Waals surface area contributed by atoms with Gasteiger partial charge in [0.2, 0.25) is 0 Å². The van der Waals surface area contributed by atoms with Gasteiger partial charge in [-0.05, 0) is 11.3 Å². The molecule has 1 aromatic rings. The van der Waals surface area contributed by atoms with Crippen LogP contribution in [0.15, 0.2) is 6.07 Å². The highest BCUT2D eigenvalue weighted by Crippen LogP contribution is 2.42. The Kier molecular flexibility index (Phi) is 2.14. The van der Waals surface area contributed by atoms with Crippen molar-refractivity contribution >= 4 is 0 Å². The maximum atomic E-state index is 12.4. The zero-order valence-corrected chi connectivity index (χ0v) is 5.81. The predicted octanol–water partition coefficient (Wildman–Crippen LogP) is 1.33. The summed E-state index contributed by atoms with van der Waals surface area (Å²) in [6.45, 7) is 0. The minimum atomic E-state index is -5.68. The lowest BCUT2D eigenvalue weighted by atomic mass is 10.2. The molecule has 0 amide bonds. The molecular weight excluding hydrogens is 197 g/mol. The molecule has 0 atom stereocenters. The van der Waals surface area contributed by atoms with Crippen molar-refractivity contribution in [1.29, 1.82) is 0 Å². The van der Waals surface area contributed by atoms with Crippen LogP contribution in [0.25, 0.3) is 0 Å². The van der Waals surface area contributed by atoms with E-state index in [0.717, 1.165) is 0 Å². The molecule has 0 aliphatic rings. The maximum absolute atomic E-state index is 12.4. The zero-order chi connectivity index (χ0) is 10.1. The highest BCUT2D eigenvalue weighted by molar-refractivity contribution is 5.06. The lowest BCUT2D eigenvalue weighted by Crippen LogP contribution is -2.34. The van der Waals surface area contributed by atoms with E-state index in [2.05, 4.69) is 15.4 Å². The summed E-state index contributed by atoms with van der Waals surface area (Å²) in [7, 11) is 0. The molecule has 0 fully saturated rings. The van der Waals surface area contributed by atoms with Crippen molar-refractivity contribution in [1.82, 2.24) is 15.4 Å². The fourth-order valence-corrected chi connectivity index (χ4v) is 0.514. The first-order valence-electron chi connectivity index (χ1n) is 2.87. The van der Waals surface area contributed by atoms with E-state index in [-0.39, 0.29) is 0 Å². The molecule has 1 rings (SSSR count). The highest BCUT2D eigenvalue weighted by Gasteiger charge is 2.60. The summed E-state index contributed by atoms with van der Waals surface area (Å²) in [6.07, 6.45) is -3.95. The molecule has 1 aromatic heterocycles. The predicted molar refractivity (Wildman–Crippen MR) is 28.6 cm³/mol. The largest absolute Gasteiger partial charge is 0.459 e. The van der Waals surface area contributed by atoms with Crippen LogP contribution in [0, 0.1) is 6.20 Å². The smallest absolute Gasteiger partial charge is 0.189 e. The van der Waals surface area contributed by atoms with Crippen LogP contribution in [0.3, 0.4) is 0 Å². The van der Waals surface area contributed by atoms with Gasteiger partial charge < -0.3 is 0 Å². The van der Waals surface area contributed by atoms with E-state index in [1.165, 1.54) is 0 Å². The van der Waals surface area contributed by atoms with Gasteiger partial charge in [0.25, 0.3) is 0 Å². The van der Waals surface area contributed by atoms with Gasteiger partial charge in [-0.1, -0.05) is 0 Å². The minimum Gasteiger partial charge on any atom is -0.189 e. The highest BCUT2D eigenvalue weighted by atomic mass is 19.4. The third-order valence-corrected chi connectivity index (χ3v) is 1.13. The Hall–Kier alpha value is -1.34. The number of hydrogen-bond acceptors (Lipinski definition) is 3. The van der Waals surface area contributed by atoms with Gasteiger partial charge in [-0.15, -0.1) is 10.2 Å². The van der Waals surface area contributed by atoms with Crippen molar-refractivity contribution in [3.63, 3.8) is 0 Å². The molecule has 0 aliphatic heterocycles. The minimum absolute atomic E-state index is 0.334. The molecule has 71 valence electrons. The fourth-order valence-electron chi connectivity index (χ4n) is 0.514. The molecule has 0 unspecified atom stereocenters. The second-order valence-corrected chi connectivity index (χ2v) is 2.02. The van der Waals surface area contributed by atoms with Crippen molar-refractivity contribution in [3.8, 4) is 0 Å².